The summed E-state index contributed by atoms with van der Waals surface area (Å²) in [6, 6.07) is 0.241. The molecule has 0 radical (unpaired) electrons. The van der Waals surface area contributed by atoms with Gasteiger partial charge in [-0.25, -0.2) is 9.97 Å². The minimum absolute atomic E-state index is 0.000641. The number of amides is 1. The second-order valence-electron chi connectivity index (χ2n) is 8.29. The SMILES string of the molecule is CC1CCN1c1nc(-c2cnn(CC(=O)N3CCNCC3)c2)c2c(n1)C(F)(F)CC2. The molecule has 4 heterocycles. The number of carbonyl (C=O) groups excluding carboxylic acids is 1. The van der Waals surface area contributed by atoms with Crippen molar-refractivity contribution in [3.63, 3.8) is 0 Å². The van der Waals surface area contributed by atoms with Crippen LogP contribution in [-0.4, -0.2) is 69.3 Å². The lowest BCUT2D eigenvalue weighted by Gasteiger charge is -2.39. The Morgan fingerprint density at radius 1 is 1.27 bits per heavy atom. The Morgan fingerprint density at radius 3 is 2.77 bits per heavy atom. The maximum Gasteiger partial charge on any atom is 0.290 e. The van der Waals surface area contributed by atoms with E-state index in [0.717, 1.165) is 26.1 Å². The van der Waals surface area contributed by atoms with E-state index in [1.807, 2.05) is 16.7 Å². The average Bonchev–Trinajstić information content (AvgIpc) is 3.31. The first-order valence-corrected chi connectivity index (χ1v) is 10.5. The maximum absolute atomic E-state index is 14.5. The maximum atomic E-state index is 14.5. The van der Waals surface area contributed by atoms with Crippen molar-refractivity contribution < 1.29 is 13.6 Å². The van der Waals surface area contributed by atoms with Crippen LogP contribution < -0.4 is 10.2 Å². The zero-order valence-electron chi connectivity index (χ0n) is 16.9. The number of piperazine rings is 1. The highest BCUT2D eigenvalue weighted by Gasteiger charge is 2.44. The first-order chi connectivity index (χ1) is 14.4. The lowest BCUT2D eigenvalue weighted by Crippen LogP contribution is -2.47. The quantitative estimate of drug-likeness (QED) is 0.811. The van der Waals surface area contributed by atoms with Gasteiger partial charge in [-0.2, -0.15) is 13.9 Å². The summed E-state index contributed by atoms with van der Waals surface area (Å²) in [6.07, 6.45) is 4.31. The van der Waals surface area contributed by atoms with E-state index in [4.69, 9.17) is 0 Å². The van der Waals surface area contributed by atoms with Crippen molar-refractivity contribution in [2.75, 3.05) is 37.6 Å². The van der Waals surface area contributed by atoms with E-state index in [1.165, 1.54) is 0 Å². The minimum Gasteiger partial charge on any atom is -0.339 e. The lowest BCUT2D eigenvalue weighted by atomic mass is 10.1. The van der Waals surface area contributed by atoms with Crippen LogP contribution in [0.15, 0.2) is 12.4 Å². The highest BCUT2D eigenvalue weighted by Crippen LogP contribution is 2.44. The highest BCUT2D eigenvalue weighted by atomic mass is 19.3. The molecule has 10 heteroatoms. The average molecular weight is 417 g/mol. The van der Waals surface area contributed by atoms with Crippen LogP contribution in [0, 0.1) is 0 Å². The molecular formula is C20H25F2N7O. The number of hydrogen-bond acceptors (Lipinski definition) is 6. The van der Waals surface area contributed by atoms with Gasteiger partial charge < -0.3 is 15.1 Å². The van der Waals surface area contributed by atoms with Gasteiger partial charge in [0.05, 0.1) is 11.9 Å². The van der Waals surface area contributed by atoms with Crippen molar-refractivity contribution >= 4 is 11.9 Å². The van der Waals surface area contributed by atoms with E-state index in [2.05, 4.69) is 20.4 Å². The van der Waals surface area contributed by atoms with E-state index in [0.29, 0.717) is 35.9 Å². The van der Waals surface area contributed by atoms with Crippen molar-refractivity contribution in [2.45, 2.75) is 44.7 Å². The second-order valence-corrected chi connectivity index (χ2v) is 8.29. The second kappa shape index (κ2) is 7.26. The van der Waals surface area contributed by atoms with Crippen LogP contribution >= 0.6 is 0 Å². The number of nitrogens with zero attached hydrogens (tertiary/aromatic N) is 6. The smallest absolute Gasteiger partial charge is 0.290 e. The van der Waals surface area contributed by atoms with Crippen LogP contribution in [0.1, 0.15) is 31.0 Å². The summed E-state index contributed by atoms with van der Waals surface area (Å²) in [5.41, 5.74) is 1.48. The molecule has 1 unspecified atom stereocenters. The topological polar surface area (TPSA) is 79.2 Å². The number of aromatic nitrogens is 4. The Morgan fingerprint density at radius 2 is 2.07 bits per heavy atom. The van der Waals surface area contributed by atoms with Gasteiger partial charge in [-0.3, -0.25) is 9.48 Å². The number of anilines is 1. The third-order valence-electron chi connectivity index (χ3n) is 6.28. The molecule has 1 amide bonds. The summed E-state index contributed by atoms with van der Waals surface area (Å²) < 4.78 is 30.6. The van der Waals surface area contributed by atoms with Gasteiger partial charge in [-0.05, 0) is 19.8 Å². The first kappa shape index (κ1) is 19.3. The number of hydrogen-bond donors (Lipinski definition) is 1. The van der Waals surface area contributed by atoms with Crippen LogP contribution in [0.2, 0.25) is 0 Å². The zero-order valence-corrected chi connectivity index (χ0v) is 16.9. The molecule has 2 fully saturated rings. The number of rotatable bonds is 4. The van der Waals surface area contributed by atoms with E-state index >= 15 is 0 Å². The van der Waals surface area contributed by atoms with Crippen LogP contribution in [0.25, 0.3) is 11.3 Å². The predicted octanol–water partition coefficient (Wildman–Crippen LogP) is 1.41. The van der Waals surface area contributed by atoms with E-state index in [-0.39, 0.29) is 37.0 Å². The summed E-state index contributed by atoms with van der Waals surface area (Å²) >= 11 is 0. The standard InChI is InChI=1S/C20H25F2N7O/c1-13-3-7-29(13)19-25-17(15-2-4-20(21,22)18(15)26-19)14-10-24-28(11-14)12-16(30)27-8-5-23-6-9-27/h10-11,13,23H,2-9,12H2,1H3. The minimum atomic E-state index is -2.94. The van der Waals surface area contributed by atoms with E-state index in [9.17, 15) is 13.6 Å². The van der Waals surface area contributed by atoms with Gasteiger partial charge in [0, 0.05) is 62.5 Å². The Bertz CT molecular complexity index is 970. The number of carbonyl (C=O) groups is 1. The zero-order chi connectivity index (χ0) is 20.9. The summed E-state index contributed by atoms with van der Waals surface area (Å²) in [4.78, 5) is 25.2. The molecule has 5 rings (SSSR count). The van der Waals surface area contributed by atoms with Gasteiger partial charge in [-0.1, -0.05) is 0 Å². The highest BCUT2D eigenvalue weighted by molar-refractivity contribution is 5.76. The Hall–Kier alpha value is -2.62. The normalized spacial score (nSPS) is 22.7. The summed E-state index contributed by atoms with van der Waals surface area (Å²) in [5.74, 6) is -2.58. The molecule has 0 saturated carbocycles. The molecular weight excluding hydrogens is 392 g/mol. The molecule has 2 aromatic rings. The van der Waals surface area contributed by atoms with Gasteiger partial charge in [-0.15, -0.1) is 0 Å². The molecule has 2 saturated heterocycles. The molecule has 0 spiro atoms. The van der Waals surface area contributed by atoms with Crippen molar-refractivity contribution in [3.8, 4) is 11.3 Å². The van der Waals surface area contributed by atoms with Gasteiger partial charge >= 0.3 is 0 Å². The monoisotopic (exact) mass is 417 g/mol. The van der Waals surface area contributed by atoms with Gasteiger partial charge in [0.2, 0.25) is 11.9 Å². The summed E-state index contributed by atoms with van der Waals surface area (Å²) in [7, 11) is 0. The summed E-state index contributed by atoms with van der Waals surface area (Å²) in [6.45, 7) is 5.86. The molecule has 2 aliphatic heterocycles. The fourth-order valence-electron chi connectivity index (χ4n) is 4.32. The Balaban J connectivity index is 1.45. The van der Waals surface area contributed by atoms with Crippen molar-refractivity contribution in [2.24, 2.45) is 0 Å². The number of alkyl halides is 2. The number of fused-ring (bicyclic) bond motifs is 1. The molecule has 8 nitrogen and oxygen atoms in total. The Labute approximate surface area is 173 Å². The molecule has 2 aromatic heterocycles. The van der Waals surface area contributed by atoms with Crippen LogP contribution in [-0.2, 0) is 23.7 Å². The van der Waals surface area contributed by atoms with Gasteiger partial charge in [0.15, 0.2) is 0 Å². The van der Waals surface area contributed by atoms with Gasteiger partial charge in [0.25, 0.3) is 5.92 Å². The van der Waals surface area contributed by atoms with Crippen LogP contribution in [0.4, 0.5) is 14.7 Å². The molecule has 1 N–H and O–H groups in total. The summed E-state index contributed by atoms with van der Waals surface area (Å²) in [5, 5.41) is 7.53. The number of nitrogens with one attached hydrogen (secondary N) is 1. The molecule has 0 bridgehead atoms. The fraction of sp³-hybridized carbons (Fsp3) is 0.600. The predicted molar refractivity (Wildman–Crippen MR) is 106 cm³/mol. The van der Waals surface area contributed by atoms with Crippen molar-refractivity contribution in [3.05, 3.63) is 23.7 Å². The Kier molecular flexibility index (Phi) is 4.68. The molecule has 1 aliphatic carbocycles. The van der Waals surface area contributed by atoms with Crippen LogP contribution in [0.5, 0.6) is 0 Å². The lowest BCUT2D eigenvalue weighted by molar-refractivity contribution is -0.132. The van der Waals surface area contributed by atoms with Crippen LogP contribution in [0.3, 0.4) is 0 Å². The number of halogens is 2. The molecule has 160 valence electrons. The van der Waals surface area contributed by atoms with Crippen molar-refractivity contribution in [1.29, 1.82) is 0 Å². The van der Waals surface area contributed by atoms with E-state index < -0.39 is 5.92 Å². The molecule has 1 atom stereocenters. The first-order valence-electron chi connectivity index (χ1n) is 10.5. The third-order valence-corrected chi connectivity index (χ3v) is 6.28. The molecule has 0 aromatic carbocycles. The third kappa shape index (κ3) is 3.32. The largest absolute Gasteiger partial charge is 0.339 e. The van der Waals surface area contributed by atoms with Crippen molar-refractivity contribution in [1.82, 2.24) is 30.0 Å². The fourth-order valence-corrected chi connectivity index (χ4v) is 4.32. The van der Waals surface area contributed by atoms with E-state index in [1.54, 1.807) is 17.1 Å². The van der Waals surface area contributed by atoms with Gasteiger partial charge in [0.1, 0.15) is 12.2 Å². The molecule has 30 heavy (non-hydrogen) atoms. The molecule has 3 aliphatic rings.